The smallest absolute Gasteiger partial charge is 0.261 e. The summed E-state index contributed by atoms with van der Waals surface area (Å²) in [5.74, 6) is -2.16. The Labute approximate surface area is 91.0 Å². The van der Waals surface area contributed by atoms with Crippen LogP contribution < -0.4 is 5.32 Å². The van der Waals surface area contributed by atoms with E-state index >= 15 is 0 Å². The Hall–Kier alpha value is -2.22. The van der Waals surface area contributed by atoms with Gasteiger partial charge in [-0.3, -0.25) is 4.79 Å². The molecule has 0 saturated carbocycles. The van der Waals surface area contributed by atoms with Crippen LogP contribution in [-0.2, 0) is 4.79 Å². The number of hydrogen-bond acceptors (Lipinski definition) is 2. The van der Waals surface area contributed by atoms with Gasteiger partial charge in [0.1, 0.15) is 23.3 Å². The van der Waals surface area contributed by atoms with Crippen LogP contribution in [0, 0.1) is 23.0 Å². The fourth-order valence-corrected chi connectivity index (χ4v) is 1.06. The Kier molecular flexibility index (Phi) is 3.72. The summed E-state index contributed by atoms with van der Waals surface area (Å²) in [6, 6.07) is 4.52. The van der Waals surface area contributed by atoms with Gasteiger partial charge in [0.05, 0.1) is 0 Å². The monoisotopic (exact) mass is 222 g/mol. The number of amides is 1. The molecule has 0 aliphatic heterocycles. The lowest BCUT2D eigenvalue weighted by Gasteiger charge is -1.99. The van der Waals surface area contributed by atoms with Crippen molar-refractivity contribution in [2.24, 2.45) is 0 Å². The van der Waals surface area contributed by atoms with E-state index in [1.54, 1.807) is 6.07 Å². The zero-order chi connectivity index (χ0) is 12.1. The fourth-order valence-electron chi connectivity index (χ4n) is 1.06. The molecule has 1 amide bonds. The lowest BCUT2D eigenvalue weighted by Crippen LogP contribution is -2.19. The van der Waals surface area contributed by atoms with Gasteiger partial charge in [-0.05, 0) is 18.2 Å². The molecule has 0 aliphatic carbocycles. The minimum atomic E-state index is -0.823. The quantitative estimate of drug-likeness (QED) is 0.610. The van der Waals surface area contributed by atoms with Gasteiger partial charge in [-0.15, -0.1) is 0 Å². The number of rotatable bonds is 2. The molecule has 0 aromatic heterocycles. The molecule has 0 saturated heterocycles. The molecule has 0 bridgehead atoms. The van der Waals surface area contributed by atoms with E-state index in [0.717, 1.165) is 18.2 Å². The SMILES string of the molecule is CNC(=O)/C(C#N)=C/c1ccc(F)cc1F. The first kappa shape index (κ1) is 11.9. The van der Waals surface area contributed by atoms with Crippen molar-refractivity contribution in [3.05, 3.63) is 41.0 Å². The van der Waals surface area contributed by atoms with Crippen molar-refractivity contribution >= 4 is 12.0 Å². The molecular weight excluding hydrogens is 214 g/mol. The van der Waals surface area contributed by atoms with Crippen LogP contribution in [0.25, 0.3) is 6.08 Å². The molecule has 1 N–H and O–H groups in total. The number of benzene rings is 1. The van der Waals surface area contributed by atoms with Gasteiger partial charge < -0.3 is 5.32 Å². The summed E-state index contributed by atoms with van der Waals surface area (Å²) in [5.41, 5.74) is -0.255. The third-order valence-corrected chi connectivity index (χ3v) is 1.85. The standard InChI is InChI=1S/C11H8F2N2O/c1-15-11(16)8(6-14)4-7-2-3-9(12)5-10(7)13/h2-5H,1H3,(H,15,16)/b8-4+. The van der Waals surface area contributed by atoms with Crippen molar-refractivity contribution in [1.29, 1.82) is 5.26 Å². The summed E-state index contributed by atoms with van der Waals surface area (Å²) in [7, 11) is 1.36. The Bertz CT molecular complexity index is 489. The van der Waals surface area contributed by atoms with Gasteiger partial charge in [0, 0.05) is 18.7 Å². The van der Waals surface area contributed by atoms with Crippen LogP contribution in [0.1, 0.15) is 5.56 Å². The van der Waals surface area contributed by atoms with Crippen LogP contribution in [-0.4, -0.2) is 13.0 Å². The van der Waals surface area contributed by atoms with Crippen LogP contribution in [0.4, 0.5) is 8.78 Å². The molecule has 0 heterocycles. The molecule has 16 heavy (non-hydrogen) atoms. The zero-order valence-corrected chi connectivity index (χ0v) is 8.42. The third kappa shape index (κ3) is 2.64. The maximum absolute atomic E-state index is 13.2. The molecule has 3 nitrogen and oxygen atoms in total. The molecule has 1 aromatic carbocycles. The van der Waals surface area contributed by atoms with Gasteiger partial charge in [0.2, 0.25) is 0 Å². The molecule has 0 fully saturated rings. The van der Waals surface area contributed by atoms with E-state index in [0.29, 0.717) is 6.07 Å². The molecule has 1 rings (SSSR count). The van der Waals surface area contributed by atoms with Gasteiger partial charge in [-0.2, -0.15) is 5.26 Å². The Morgan fingerprint density at radius 3 is 2.69 bits per heavy atom. The predicted molar refractivity (Wildman–Crippen MR) is 54.0 cm³/mol. The highest BCUT2D eigenvalue weighted by molar-refractivity contribution is 6.01. The fraction of sp³-hybridized carbons (Fsp3) is 0.0909. The van der Waals surface area contributed by atoms with E-state index < -0.39 is 17.5 Å². The topological polar surface area (TPSA) is 52.9 Å². The Morgan fingerprint density at radius 2 is 2.19 bits per heavy atom. The first-order valence-corrected chi connectivity index (χ1v) is 4.37. The number of carbonyl (C=O) groups is 1. The number of carbonyl (C=O) groups excluding carboxylic acids is 1. The minimum absolute atomic E-state index is 0.0125. The van der Waals surface area contributed by atoms with E-state index in [1.807, 2.05) is 0 Å². The molecule has 0 spiro atoms. The number of likely N-dealkylation sites (N-methyl/N-ethyl adjacent to an activating group) is 1. The first-order chi connectivity index (χ1) is 7.58. The minimum Gasteiger partial charge on any atom is -0.354 e. The molecule has 0 atom stereocenters. The van der Waals surface area contributed by atoms with Crippen molar-refractivity contribution in [3.63, 3.8) is 0 Å². The number of hydrogen-bond donors (Lipinski definition) is 1. The molecule has 1 aromatic rings. The number of nitrogens with zero attached hydrogens (tertiary/aromatic N) is 1. The van der Waals surface area contributed by atoms with Crippen LogP contribution >= 0.6 is 0 Å². The van der Waals surface area contributed by atoms with Crippen molar-refractivity contribution in [2.75, 3.05) is 7.05 Å². The van der Waals surface area contributed by atoms with Crippen LogP contribution in [0.15, 0.2) is 23.8 Å². The average molecular weight is 222 g/mol. The maximum Gasteiger partial charge on any atom is 0.261 e. The summed E-state index contributed by atoms with van der Waals surface area (Å²) >= 11 is 0. The van der Waals surface area contributed by atoms with Crippen molar-refractivity contribution < 1.29 is 13.6 Å². The van der Waals surface area contributed by atoms with E-state index in [2.05, 4.69) is 5.32 Å². The molecule has 0 aliphatic rings. The van der Waals surface area contributed by atoms with Gasteiger partial charge in [-0.1, -0.05) is 0 Å². The highest BCUT2D eigenvalue weighted by Crippen LogP contribution is 2.13. The summed E-state index contributed by atoms with van der Waals surface area (Å²) in [6.07, 6.45) is 1.06. The zero-order valence-electron chi connectivity index (χ0n) is 8.42. The average Bonchev–Trinajstić information content (AvgIpc) is 2.27. The second kappa shape index (κ2) is 5.03. The van der Waals surface area contributed by atoms with Crippen LogP contribution in [0.2, 0.25) is 0 Å². The van der Waals surface area contributed by atoms with E-state index in [-0.39, 0.29) is 11.1 Å². The second-order valence-electron chi connectivity index (χ2n) is 2.91. The largest absolute Gasteiger partial charge is 0.354 e. The molecule has 82 valence electrons. The summed E-state index contributed by atoms with van der Waals surface area (Å²) in [4.78, 5) is 11.1. The summed E-state index contributed by atoms with van der Waals surface area (Å²) in [5, 5.41) is 10.9. The molecule has 0 unspecified atom stereocenters. The van der Waals surface area contributed by atoms with Crippen LogP contribution in [0.3, 0.4) is 0 Å². The Morgan fingerprint density at radius 1 is 1.50 bits per heavy atom. The number of nitrogens with one attached hydrogen (secondary N) is 1. The highest BCUT2D eigenvalue weighted by atomic mass is 19.1. The van der Waals surface area contributed by atoms with E-state index in [9.17, 15) is 13.6 Å². The van der Waals surface area contributed by atoms with Crippen molar-refractivity contribution in [2.45, 2.75) is 0 Å². The normalized spacial score (nSPS) is 10.8. The van der Waals surface area contributed by atoms with E-state index in [1.165, 1.54) is 7.05 Å². The maximum atomic E-state index is 13.2. The van der Waals surface area contributed by atoms with E-state index in [4.69, 9.17) is 5.26 Å². The van der Waals surface area contributed by atoms with Crippen LogP contribution in [0.5, 0.6) is 0 Å². The predicted octanol–water partition coefficient (Wildman–Crippen LogP) is 1.62. The van der Waals surface area contributed by atoms with Crippen molar-refractivity contribution in [3.8, 4) is 6.07 Å². The Balaban J connectivity index is 3.15. The number of nitriles is 1. The molecular formula is C11H8F2N2O. The van der Waals surface area contributed by atoms with Gasteiger partial charge in [0.25, 0.3) is 5.91 Å². The van der Waals surface area contributed by atoms with Gasteiger partial charge >= 0.3 is 0 Å². The van der Waals surface area contributed by atoms with Crippen molar-refractivity contribution in [1.82, 2.24) is 5.32 Å². The van der Waals surface area contributed by atoms with Gasteiger partial charge in [-0.25, -0.2) is 8.78 Å². The lowest BCUT2D eigenvalue weighted by atomic mass is 10.1. The summed E-state index contributed by atoms with van der Waals surface area (Å²) in [6.45, 7) is 0. The van der Waals surface area contributed by atoms with Gasteiger partial charge in [0.15, 0.2) is 0 Å². The first-order valence-electron chi connectivity index (χ1n) is 4.37. The molecule has 0 radical (unpaired) electrons. The lowest BCUT2D eigenvalue weighted by molar-refractivity contribution is -0.116. The highest BCUT2D eigenvalue weighted by Gasteiger charge is 2.08. The molecule has 5 heteroatoms. The number of halogens is 2. The second-order valence-corrected chi connectivity index (χ2v) is 2.91. The third-order valence-electron chi connectivity index (χ3n) is 1.85. The summed E-state index contributed by atoms with van der Waals surface area (Å²) < 4.78 is 25.8.